The van der Waals surface area contributed by atoms with E-state index in [9.17, 15) is 4.79 Å². The van der Waals surface area contributed by atoms with Crippen LogP contribution < -0.4 is 9.47 Å². The molecular formula is C15H18N2O4. The second kappa shape index (κ2) is 5.87. The largest absolute Gasteiger partial charge is 0.493 e. The number of aromatic carboxylic acids is 1. The quantitative estimate of drug-likeness (QED) is 0.915. The third-order valence-corrected chi connectivity index (χ3v) is 3.32. The van der Waals surface area contributed by atoms with Crippen LogP contribution >= 0.6 is 0 Å². The molecule has 1 N–H and O–H groups in total. The highest BCUT2D eigenvalue weighted by Gasteiger charge is 2.19. The molecule has 0 fully saturated rings. The Labute approximate surface area is 122 Å². The second-order valence-corrected chi connectivity index (χ2v) is 4.58. The first-order chi connectivity index (χ1) is 10.0. The number of hydrogen-bond acceptors (Lipinski definition) is 4. The fraction of sp³-hybridized carbons (Fsp3) is 0.333. The molecule has 21 heavy (non-hydrogen) atoms. The first-order valence-corrected chi connectivity index (χ1v) is 6.54. The summed E-state index contributed by atoms with van der Waals surface area (Å²) in [7, 11) is 4.83. The molecule has 0 aliphatic heterocycles. The molecule has 0 aliphatic rings. The zero-order valence-electron chi connectivity index (χ0n) is 12.5. The van der Waals surface area contributed by atoms with Crippen LogP contribution in [0.2, 0.25) is 0 Å². The van der Waals surface area contributed by atoms with Gasteiger partial charge in [-0.15, -0.1) is 0 Å². The Morgan fingerprint density at radius 2 is 2.00 bits per heavy atom. The molecule has 112 valence electrons. The summed E-state index contributed by atoms with van der Waals surface area (Å²) in [4.78, 5) is 11.1. The number of carbonyl (C=O) groups is 1. The summed E-state index contributed by atoms with van der Waals surface area (Å²) in [6.45, 7) is 2.04. The van der Waals surface area contributed by atoms with Gasteiger partial charge in [0.2, 0.25) is 0 Å². The highest BCUT2D eigenvalue weighted by molar-refractivity contribution is 5.87. The normalized spacial score (nSPS) is 10.5. The Morgan fingerprint density at radius 1 is 1.29 bits per heavy atom. The average molecular weight is 290 g/mol. The lowest BCUT2D eigenvalue weighted by atomic mass is 10.0. The van der Waals surface area contributed by atoms with Crippen molar-refractivity contribution in [1.29, 1.82) is 0 Å². The van der Waals surface area contributed by atoms with E-state index in [2.05, 4.69) is 5.10 Å². The van der Waals surface area contributed by atoms with Crippen LogP contribution in [-0.2, 0) is 13.5 Å². The fourth-order valence-electron chi connectivity index (χ4n) is 2.24. The first kappa shape index (κ1) is 14.9. The maximum Gasteiger partial charge on any atom is 0.356 e. The number of aromatic nitrogens is 2. The second-order valence-electron chi connectivity index (χ2n) is 4.58. The van der Waals surface area contributed by atoms with Gasteiger partial charge in [-0.1, -0.05) is 6.92 Å². The molecule has 0 saturated heterocycles. The Morgan fingerprint density at radius 3 is 2.48 bits per heavy atom. The Bertz CT molecular complexity index is 677. The monoisotopic (exact) mass is 290 g/mol. The van der Waals surface area contributed by atoms with E-state index >= 15 is 0 Å². The summed E-state index contributed by atoms with van der Waals surface area (Å²) in [5, 5.41) is 13.1. The minimum Gasteiger partial charge on any atom is -0.493 e. The summed E-state index contributed by atoms with van der Waals surface area (Å²) < 4.78 is 12.3. The van der Waals surface area contributed by atoms with Gasteiger partial charge in [0.15, 0.2) is 17.2 Å². The zero-order chi connectivity index (χ0) is 15.6. The van der Waals surface area contributed by atoms with Gasteiger partial charge in [-0.05, 0) is 30.2 Å². The van der Waals surface area contributed by atoms with Gasteiger partial charge in [-0.3, -0.25) is 4.68 Å². The number of aryl methyl sites for hydroxylation is 2. The molecule has 0 unspecified atom stereocenters. The van der Waals surface area contributed by atoms with E-state index < -0.39 is 5.97 Å². The predicted octanol–water partition coefficient (Wildman–Crippen LogP) is 2.36. The van der Waals surface area contributed by atoms with E-state index in [0.717, 1.165) is 17.5 Å². The summed E-state index contributed by atoms with van der Waals surface area (Å²) >= 11 is 0. The van der Waals surface area contributed by atoms with Gasteiger partial charge in [0.05, 0.1) is 19.9 Å². The standard InChI is InChI=1S/C15H18N2O4/c1-5-9-6-10(14(21-4)13(7-9)20-3)12-8-11(15(18)19)16-17(12)2/h6-8H,5H2,1-4H3,(H,18,19). The van der Waals surface area contributed by atoms with Crippen LogP contribution in [0.4, 0.5) is 0 Å². The van der Waals surface area contributed by atoms with Gasteiger partial charge in [-0.2, -0.15) is 5.10 Å². The SMILES string of the molecule is CCc1cc(OC)c(OC)c(-c2cc(C(=O)O)nn2C)c1. The third kappa shape index (κ3) is 2.69. The average Bonchev–Trinajstić information content (AvgIpc) is 2.87. The lowest BCUT2D eigenvalue weighted by molar-refractivity contribution is 0.0689. The van der Waals surface area contributed by atoms with E-state index in [1.807, 2.05) is 19.1 Å². The van der Waals surface area contributed by atoms with Crippen molar-refractivity contribution in [3.63, 3.8) is 0 Å². The highest BCUT2D eigenvalue weighted by atomic mass is 16.5. The summed E-state index contributed by atoms with van der Waals surface area (Å²) in [5.41, 5.74) is 2.49. The number of carboxylic acids is 1. The molecule has 0 spiro atoms. The number of rotatable bonds is 5. The molecular weight excluding hydrogens is 272 g/mol. The van der Waals surface area contributed by atoms with Gasteiger partial charge in [0, 0.05) is 12.6 Å². The minimum absolute atomic E-state index is 0.00424. The zero-order valence-corrected chi connectivity index (χ0v) is 12.5. The van der Waals surface area contributed by atoms with E-state index in [1.54, 1.807) is 21.3 Å². The lowest BCUT2D eigenvalue weighted by Gasteiger charge is -2.14. The topological polar surface area (TPSA) is 73.6 Å². The number of ether oxygens (including phenoxy) is 2. The molecule has 0 aliphatic carbocycles. The van der Waals surface area contributed by atoms with E-state index in [-0.39, 0.29) is 5.69 Å². The number of benzene rings is 1. The Kier molecular flexibility index (Phi) is 4.16. The minimum atomic E-state index is -1.06. The van der Waals surface area contributed by atoms with Crippen molar-refractivity contribution in [3.05, 3.63) is 29.5 Å². The van der Waals surface area contributed by atoms with Crippen LogP contribution in [0.25, 0.3) is 11.3 Å². The van der Waals surface area contributed by atoms with Crippen LogP contribution in [0.3, 0.4) is 0 Å². The number of carboxylic acid groups (broad SMARTS) is 1. The van der Waals surface area contributed by atoms with Crippen LogP contribution in [0.15, 0.2) is 18.2 Å². The van der Waals surface area contributed by atoms with Crippen molar-refractivity contribution in [3.8, 4) is 22.8 Å². The van der Waals surface area contributed by atoms with Gasteiger partial charge in [-0.25, -0.2) is 4.79 Å². The van der Waals surface area contributed by atoms with E-state index in [4.69, 9.17) is 14.6 Å². The fourth-order valence-corrected chi connectivity index (χ4v) is 2.24. The Hall–Kier alpha value is -2.50. The first-order valence-electron chi connectivity index (χ1n) is 6.54. The van der Waals surface area contributed by atoms with Crippen molar-refractivity contribution in [2.45, 2.75) is 13.3 Å². The number of nitrogens with zero attached hydrogens (tertiary/aromatic N) is 2. The molecule has 1 heterocycles. The smallest absolute Gasteiger partial charge is 0.356 e. The van der Waals surface area contributed by atoms with E-state index in [0.29, 0.717) is 17.2 Å². The summed E-state index contributed by atoms with van der Waals surface area (Å²) in [5.74, 6) is 0.119. The van der Waals surface area contributed by atoms with Crippen LogP contribution in [-0.4, -0.2) is 35.1 Å². The van der Waals surface area contributed by atoms with Gasteiger partial charge in [0.25, 0.3) is 0 Å². The molecule has 0 radical (unpaired) electrons. The van der Waals surface area contributed by atoms with Crippen molar-refractivity contribution < 1.29 is 19.4 Å². The van der Waals surface area contributed by atoms with E-state index in [1.165, 1.54) is 10.7 Å². The molecule has 0 bridgehead atoms. The van der Waals surface area contributed by atoms with Gasteiger partial charge in [0.1, 0.15) is 0 Å². The third-order valence-electron chi connectivity index (χ3n) is 3.32. The summed E-state index contributed by atoms with van der Waals surface area (Å²) in [6, 6.07) is 5.40. The van der Waals surface area contributed by atoms with Crippen molar-refractivity contribution in [1.82, 2.24) is 9.78 Å². The molecule has 2 aromatic rings. The lowest BCUT2D eigenvalue weighted by Crippen LogP contribution is -2.00. The summed E-state index contributed by atoms with van der Waals surface area (Å²) in [6.07, 6.45) is 0.830. The molecule has 6 heteroatoms. The van der Waals surface area contributed by atoms with Crippen molar-refractivity contribution >= 4 is 5.97 Å². The Balaban J connectivity index is 2.69. The number of hydrogen-bond donors (Lipinski definition) is 1. The molecule has 6 nitrogen and oxygen atoms in total. The van der Waals surface area contributed by atoms with Crippen molar-refractivity contribution in [2.75, 3.05) is 14.2 Å². The van der Waals surface area contributed by atoms with Gasteiger partial charge < -0.3 is 14.6 Å². The molecule has 1 aromatic carbocycles. The number of methoxy groups -OCH3 is 2. The molecule has 2 rings (SSSR count). The molecule has 1 aromatic heterocycles. The highest BCUT2D eigenvalue weighted by Crippen LogP contribution is 2.39. The predicted molar refractivity (Wildman–Crippen MR) is 78.1 cm³/mol. The van der Waals surface area contributed by atoms with Crippen LogP contribution in [0, 0.1) is 0 Å². The molecule has 0 atom stereocenters. The maximum absolute atomic E-state index is 11.1. The van der Waals surface area contributed by atoms with Crippen molar-refractivity contribution in [2.24, 2.45) is 7.05 Å². The van der Waals surface area contributed by atoms with Crippen LogP contribution in [0.5, 0.6) is 11.5 Å². The molecule has 0 amide bonds. The van der Waals surface area contributed by atoms with Crippen LogP contribution in [0.1, 0.15) is 23.0 Å². The molecule has 0 saturated carbocycles. The van der Waals surface area contributed by atoms with Gasteiger partial charge >= 0.3 is 5.97 Å². The maximum atomic E-state index is 11.1.